The molecule has 0 unspecified atom stereocenters. The van der Waals surface area contributed by atoms with Crippen LogP contribution in [0.5, 0.6) is 0 Å². The first-order chi connectivity index (χ1) is 16.7. The lowest BCUT2D eigenvalue weighted by Gasteiger charge is -2.38. The van der Waals surface area contributed by atoms with E-state index < -0.39 is 43.5 Å². The van der Waals surface area contributed by atoms with Gasteiger partial charge in [-0.25, -0.2) is 14.6 Å². The Balaban J connectivity index is 2.42. The van der Waals surface area contributed by atoms with Gasteiger partial charge in [-0.2, -0.15) is 0 Å². The van der Waals surface area contributed by atoms with Crippen molar-refractivity contribution in [2.45, 2.75) is 111 Å². The lowest BCUT2D eigenvalue weighted by atomic mass is 9.85. The molecule has 1 fully saturated rings. The van der Waals surface area contributed by atoms with E-state index in [0.29, 0.717) is 18.8 Å². The molecule has 2 heterocycles. The Bertz CT molecular complexity index is 986. The van der Waals surface area contributed by atoms with Gasteiger partial charge >= 0.3 is 12.1 Å². The lowest BCUT2D eigenvalue weighted by Crippen LogP contribution is -2.55. The summed E-state index contributed by atoms with van der Waals surface area (Å²) in [5, 5.41) is 2.79. The molecule has 1 aliphatic rings. The van der Waals surface area contributed by atoms with Gasteiger partial charge in [0.2, 0.25) is 5.91 Å². The van der Waals surface area contributed by atoms with Crippen molar-refractivity contribution in [2.75, 3.05) is 13.7 Å². The monoisotopic (exact) mass is 538 g/mol. The van der Waals surface area contributed by atoms with E-state index in [2.05, 4.69) is 49.1 Å². The van der Waals surface area contributed by atoms with E-state index in [1.807, 2.05) is 20.8 Å². The van der Waals surface area contributed by atoms with Crippen LogP contribution in [0.1, 0.15) is 91.1 Å². The van der Waals surface area contributed by atoms with Crippen molar-refractivity contribution in [2.24, 2.45) is 5.41 Å². The number of alkyl carbamates (subject to hydrolysis) is 1. The summed E-state index contributed by atoms with van der Waals surface area (Å²) < 4.78 is 16.9. The summed E-state index contributed by atoms with van der Waals surface area (Å²) >= 11 is 0. The van der Waals surface area contributed by atoms with Crippen molar-refractivity contribution in [3.8, 4) is 0 Å². The molecule has 1 aliphatic heterocycles. The van der Waals surface area contributed by atoms with Crippen LogP contribution < -0.4 is 5.32 Å². The molecule has 210 valence electrons. The van der Waals surface area contributed by atoms with Crippen LogP contribution in [-0.4, -0.2) is 72.6 Å². The van der Waals surface area contributed by atoms with Gasteiger partial charge < -0.3 is 29.1 Å². The number of amides is 2. The molecule has 1 aromatic rings. The molecule has 0 aliphatic carbocycles. The number of likely N-dealkylation sites (tertiary alicyclic amines) is 1. The Morgan fingerprint density at radius 1 is 1.11 bits per heavy atom. The molecule has 0 aromatic carbocycles. The number of carbonyl (C=O) groups is 3. The Kier molecular flexibility index (Phi) is 8.96. The maximum absolute atomic E-state index is 14.1. The zero-order valence-electron chi connectivity index (χ0n) is 24.6. The first-order valence-corrected chi connectivity index (χ1v) is 15.7. The van der Waals surface area contributed by atoms with Gasteiger partial charge in [-0.1, -0.05) is 41.5 Å². The molecule has 0 radical (unpaired) electrons. The number of ether oxygens (including phenoxy) is 2. The van der Waals surface area contributed by atoms with Gasteiger partial charge in [-0.05, 0) is 44.3 Å². The van der Waals surface area contributed by atoms with Crippen molar-refractivity contribution in [1.29, 1.82) is 0 Å². The third kappa shape index (κ3) is 7.80. The highest BCUT2D eigenvalue weighted by molar-refractivity contribution is 6.74. The number of esters is 1. The molecule has 0 spiro atoms. The maximum atomic E-state index is 14.1. The maximum Gasteiger partial charge on any atom is 0.408 e. The number of methoxy groups -OCH3 is 1. The van der Waals surface area contributed by atoms with Crippen molar-refractivity contribution in [1.82, 2.24) is 20.2 Å². The Hall–Kier alpha value is -2.40. The molecule has 3 atom stereocenters. The van der Waals surface area contributed by atoms with Crippen molar-refractivity contribution in [3.63, 3.8) is 0 Å². The van der Waals surface area contributed by atoms with Gasteiger partial charge in [-0.3, -0.25) is 4.79 Å². The summed E-state index contributed by atoms with van der Waals surface area (Å²) in [5.41, 5.74) is -1.17. The molecule has 2 amide bonds. The third-order valence-electron chi connectivity index (χ3n) is 6.90. The van der Waals surface area contributed by atoms with Crippen LogP contribution in [0, 0.1) is 5.41 Å². The van der Waals surface area contributed by atoms with E-state index >= 15 is 0 Å². The van der Waals surface area contributed by atoms with E-state index in [4.69, 9.17) is 13.9 Å². The van der Waals surface area contributed by atoms with Crippen LogP contribution in [0.4, 0.5) is 4.79 Å². The molecule has 0 bridgehead atoms. The molecule has 1 saturated heterocycles. The van der Waals surface area contributed by atoms with Gasteiger partial charge in [0.1, 0.15) is 17.5 Å². The van der Waals surface area contributed by atoms with Crippen molar-refractivity contribution < 1.29 is 28.3 Å². The summed E-state index contributed by atoms with van der Waals surface area (Å²) in [6.45, 7) is 22.2. The minimum absolute atomic E-state index is 0.00508. The second-order valence-corrected chi connectivity index (χ2v) is 18.1. The molecule has 10 nitrogen and oxygen atoms in total. The highest BCUT2D eigenvalue weighted by atomic mass is 28.4. The van der Waals surface area contributed by atoms with Crippen LogP contribution in [0.3, 0.4) is 0 Å². The highest BCUT2D eigenvalue weighted by Crippen LogP contribution is 2.41. The van der Waals surface area contributed by atoms with Crippen LogP contribution in [0.2, 0.25) is 18.1 Å². The molecular weight excluding hydrogens is 492 g/mol. The summed E-state index contributed by atoms with van der Waals surface area (Å²) in [7, 11) is -0.839. The molecule has 11 heteroatoms. The number of H-pyrrole nitrogens is 1. The number of aromatic amines is 1. The quantitative estimate of drug-likeness (QED) is 0.394. The Labute approximate surface area is 222 Å². The van der Waals surface area contributed by atoms with Crippen LogP contribution in [0.25, 0.3) is 0 Å². The van der Waals surface area contributed by atoms with Crippen molar-refractivity contribution >= 4 is 26.3 Å². The number of nitrogens with one attached hydrogen (secondary N) is 2. The second kappa shape index (κ2) is 10.8. The Morgan fingerprint density at radius 2 is 1.70 bits per heavy atom. The summed E-state index contributed by atoms with van der Waals surface area (Å²) in [4.78, 5) is 47.9. The van der Waals surface area contributed by atoms with E-state index in [0.717, 1.165) is 0 Å². The topological polar surface area (TPSA) is 123 Å². The fourth-order valence-corrected chi connectivity index (χ4v) is 5.29. The molecule has 37 heavy (non-hydrogen) atoms. The summed E-state index contributed by atoms with van der Waals surface area (Å²) in [5.74, 6) is -0.354. The predicted molar refractivity (Wildman–Crippen MR) is 144 cm³/mol. The van der Waals surface area contributed by atoms with Crippen molar-refractivity contribution in [3.05, 3.63) is 17.7 Å². The largest absolute Gasteiger partial charge is 0.464 e. The van der Waals surface area contributed by atoms with Gasteiger partial charge in [-0.15, -0.1) is 0 Å². The predicted octanol–water partition coefficient (Wildman–Crippen LogP) is 4.80. The van der Waals surface area contributed by atoms with E-state index in [1.165, 1.54) is 13.3 Å². The zero-order chi connectivity index (χ0) is 28.6. The van der Waals surface area contributed by atoms with E-state index in [9.17, 15) is 14.4 Å². The molecule has 2 N–H and O–H groups in total. The number of hydrogen-bond donors (Lipinski definition) is 2. The molecule has 2 rings (SSSR count). The number of carbonyl (C=O) groups excluding carboxylic acids is 3. The normalized spacial score (nSPS) is 19.9. The number of rotatable bonds is 6. The number of aromatic nitrogens is 2. The summed E-state index contributed by atoms with van der Waals surface area (Å²) in [6, 6.07) is -1.32. The summed E-state index contributed by atoms with van der Waals surface area (Å²) in [6.07, 6.45) is 1.11. The van der Waals surface area contributed by atoms with Gasteiger partial charge in [0.25, 0.3) is 0 Å². The molecule has 0 saturated carbocycles. The first kappa shape index (κ1) is 30.8. The molecule has 1 aromatic heterocycles. The highest BCUT2D eigenvalue weighted by Gasteiger charge is 2.47. The smallest absolute Gasteiger partial charge is 0.408 e. The average molecular weight is 539 g/mol. The van der Waals surface area contributed by atoms with Gasteiger partial charge in [0.05, 0.1) is 19.3 Å². The van der Waals surface area contributed by atoms with Crippen LogP contribution >= 0.6 is 0 Å². The van der Waals surface area contributed by atoms with E-state index in [-0.39, 0.29) is 22.7 Å². The number of nitrogens with zero attached hydrogens (tertiary/aromatic N) is 2. The minimum Gasteiger partial charge on any atom is -0.464 e. The SMILES string of the molecule is COC(=O)c1c[nH]c([C@@H]2C[C@@H](O[Si](C)(C)C(C)(C)C)CN2C(=O)[C@@H](NC(=O)OC(C)(C)C)C(C)(C)C)n1. The average Bonchev–Trinajstić information content (AvgIpc) is 3.34. The lowest BCUT2D eigenvalue weighted by molar-refractivity contribution is -0.137. The second-order valence-electron chi connectivity index (χ2n) is 13.4. The third-order valence-corrected chi connectivity index (χ3v) is 11.4. The molecular formula is C26H46N4O6Si. The standard InChI is InChI=1S/C26H46N4O6Si/c1-24(2,3)19(29-23(33)35-25(4,5)6)21(31)30-15-16(36-37(11,12)26(7,8)9)13-18(30)20-27-14-17(28-20)22(32)34-10/h14,16,18-19H,13,15H2,1-12H3,(H,27,28)(H,29,33)/t16-,18+,19-/m1/s1. The fraction of sp³-hybridized carbons (Fsp3) is 0.769. The fourth-order valence-electron chi connectivity index (χ4n) is 3.94. The number of hydrogen-bond acceptors (Lipinski definition) is 7. The first-order valence-electron chi connectivity index (χ1n) is 12.8. The van der Waals surface area contributed by atoms with Crippen LogP contribution in [-0.2, 0) is 18.7 Å². The minimum atomic E-state index is -2.13. The van der Waals surface area contributed by atoms with E-state index in [1.54, 1.807) is 25.7 Å². The van der Waals surface area contributed by atoms with Crippen LogP contribution in [0.15, 0.2) is 6.20 Å². The Morgan fingerprint density at radius 3 is 2.19 bits per heavy atom. The number of imidazole rings is 1. The van der Waals surface area contributed by atoms with Gasteiger partial charge in [0.15, 0.2) is 14.0 Å². The van der Waals surface area contributed by atoms with Gasteiger partial charge in [0, 0.05) is 19.2 Å². The zero-order valence-corrected chi connectivity index (χ0v) is 25.6.